The molecule has 3 aromatic heterocycles. The van der Waals surface area contributed by atoms with E-state index in [1.165, 1.54) is 0 Å². The molecule has 148 valence electrons. The van der Waals surface area contributed by atoms with Crippen LogP contribution >= 0.6 is 0 Å². The fourth-order valence-electron chi connectivity index (χ4n) is 3.10. The molecule has 0 fully saturated rings. The van der Waals surface area contributed by atoms with Gasteiger partial charge in [-0.25, -0.2) is 9.97 Å². The lowest BCUT2D eigenvalue weighted by molar-refractivity contribution is 0.324. The summed E-state index contributed by atoms with van der Waals surface area (Å²) in [5, 5.41) is 3.34. The average Bonchev–Trinajstić information content (AvgIpc) is 3.26. The molecule has 0 amide bonds. The highest BCUT2D eigenvalue weighted by Gasteiger charge is 2.16. The summed E-state index contributed by atoms with van der Waals surface area (Å²) in [7, 11) is 4.76. The Kier molecular flexibility index (Phi) is 5.15. The molecule has 4 rings (SSSR count). The monoisotopic (exact) mass is 391 g/mol. The van der Waals surface area contributed by atoms with Gasteiger partial charge in [0.25, 0.3) is 0 Å². The maximum absolute atomic E-state index is 5.47. The second-order valence-corrected chi connectivity index (χ2v) is 6.22. The standard InChI is InChI=1S/C21H21N5O3/c1-27-17-10-14(11-18(28-2)19(17)29-3)16-13-26-9-8-23-21(26)20(25-16)24-12-15-6-4-5-7-22-15/h4-11,13H,12H2,1-3H3,(H,24,25). The molecule has 8 nitrogen and oxygen atoms in total. The molecular weight excluding hydrogens is 370 g/mol. The van der Waals surface area contributed by atoms with Crippen LogP contribution in [-0.4, -0.2) is 40.7 Å². The van der Waals surface area contributed by atoms with Crippen LogP contribution in [0.2, 0.25) is 0 Å². The number of rotatable bonds is 7. The van der Waals surface area contributed by atoms with Gasteiger partial charge in [-0.05, 0) is 24.3 Å². The van der Waals surface area contributed by atoms with Gasteiger partial charge in [-0.3, -0.25) is 4.98 Å². The number of nitrogens with one attached hydrogen (secondary N) is 1. The Bertz CT molecular complexity index is 1100. The van der Waals surface area contributed by atoms with Gasteiger partial charge in [-0.2, -0.15) is 0 Å². The number of hydrogen-bond acceptors (Lipinski definition) is 7. The highest BCUT2D eigenvalue weighted by atomic mass is 16.5. The molecule has 8 heteroatoms. The first-order chi connectivity index (χ1) is 14.2. The minimum atomic E-state index is 0.537. The van der Waals surface area contributed by atoms with E-state index in [4.69, 9.17) is 19.2 Å². The number of hydrogen-bond donors (Lipinski definition) is 1. The SMILES string of the molecule is COc1cc(-c2cn3ccnc3c(NCc3ccccn3)n2)cc(OC)c1OC. The number of pyridine rings is 1. The summed E-state index contributed by atoms with van der Waals surface area (Å²) in [6.07, 6.45) is 7.29. The van der Waals surface area contributed by atoms with Crippen molar-refractivity contribution >= 4 is 11.5 Å². The van der Waals surface area contributed by atoms with Gasteiger partial charge in [-0.1, -0.05) is 6.07 Å². The van der Waals surface area contributed by atoms with Crippen molar-refractivity contribution in [3.8, 4) is 28.5 Å². The number of aromatic nitrogens is 4. The molecule has 0 atom stereocenters. The number of anilines is 1. The molecule has 0 aliphatic rings. The summed E-state index contributed by atoms with van der Waals surface area (Å²) in [5.41, 5.74) is 3.21. The molecule has 4 aromatic rings. The Balaban J connectivity index is 1.77. The van der Waals surface area contributed by atoms with Crippen LogP contribution in [0, 0.1) is 0 Å². The lowest BCUT2D eigenvalue weighted by Crippen LogP contribution is -2.06. The topological polar surface area (TPSA) is 82.8 Å². The van der Waals surface area contributed by atoms with Crippen molar-refractivity contribution in [3.63, 3.8) is 0 Å². The molecule has 0 saturated carbocycles. The van der Waals surface area contributed by atoms with E-state index >= 15 is 0 Å². The Labute approximate surface area is 168 Å². The van der Waals surface area contributed by atoms with Crippen LogP contribution in [0.15, 0.2) is 55.1 Å². The summed E-state index contributed by atoms with van der Waals surface area (Å²) in [5.74, 6) is 2.33. The predicted molar refractivity (Wildman–Crippen MR) is 110 cm³/mol. The van der Waals surface area contributed by atoms with Crippen LogP contribution in [0.4, 0.5) is 5.82 Å². The summed E-state index contributed by atoms with van der Waals surface area (Å²) < 4.78 is 18.3. The Morgan fingerprint density at radius 2 is 1.76 bits per heavy atom. The van der Waals surface area contributed by atoms with Crippen LogP contribution < -0.4 is 19.5 Å². The lowest BCUT2D eigenvalue weighted by atomic mass is 10.1. The van der Waals surface area contributed by atoms with Crippen molar-refractivity contribution in [1.29, 1.82) is 0 Å². The molecule has 0 unspecified atom stereocenters. The van der Waals surface area contributed by atoms with Gasteiger partial charge < -0.3 is 23.9 Å². The molecule has 1 aromatic carbocycles. The van der Waals surface area contributed by atoms with E-state index in [1.807, 2.05) is 47.1 Å². The second kappa shape index (κ2) is 8.05. The van der Waals surface area contributed by atoms with Gasteiger partial charge in [0.05, 0.1) is 39.3 Å². The lowest BCUT2D eigenvalue weighted by Gasteiger charge is -2.15. The molecule has 0 saturated heterocycles. The maximum atomic E-state index is 5.47. The number of nitrogens with zero attached hydrogens (tertiary/aromatic N) is 4. The van der Waals surface area contributed by atoms with Crippen molar-refractivity contribution in [1.82, 2.24) is 19.4 Å². The van der Waals surface area contributed by atoms with E-state index in [-0.39, 0.29) is 0 Å². The van der Waals surface area contributed by atoms with Crippen LogP contribution in [0.3, 0.4) is 0 Å². The number of benzene rings is 1. The first kappa shape index (κ1) is 18.5. The van der Waals surface area contributed by atoms with Crippen molar-refractivity contribution in [2.75, 3.05) is 26.6 Å². The smallest absolute Gasteiger partial charge is 0.203 e. The Morgan fingerprint density at radius 1 is 0.966 bits per heavy atom. The summed E-state index contributed by atoms with van der Waals surface area (Å²) in [4.78, 5) is 13.5. The van der Waals surface area contributed by atoms with Crippen molar-refractivity contribution in [3.05, 3.63) is 60.8 Å². The number of imidazole rings is 1. The average molecular weight is 391 g/mol. The largest absolute Gasteiger partial charge is 0.493 e. The van der Waals surface area contributed by atoms with Crippen LogP contribution in [-0.2, 0) is 6.54 Å². The van der Waals surface area contributed by atoms with Crippen LogP contribution in [0.1, 0.15) is 5.69 Å². The van der Waals surface area contributed by atoms with E-state index in [0.29, 0.717) is 29.6 Å². The minimum Gasteiger partial charge on any atom is -0.493 e. The Hall–Kier alpha value is -3.81. The Morgan fingerprint density at radius 3 is 2.41 bits per heavy atom. The molecule has 0 bridgehead atoms. The third-order valence-electron chi connectivity index (χ3n) is 4.50. The third kappa shape index (κ3) is 3.64. The molecule has 29 heavy (non-hydrogen) atoms. The zero-order chi connectivity index (χ0) is 20.2. The summed E-state index contributed by atoms with van der Waals surface area (Å²) in [6, 6.07) is 9.54. The zero-order valence-electron chi connectivity index (χ0n) is 16.4. The highest BCUT2D eigenvalue weighted by molar-refractivity contribution is 5.73. The number of fused-ring (bicyclic) bond motifs is 1. The highest BCUT2D eigenvalue weighted by Crippen LogP contribution is 2.41. The predicted octanol–water partition coefficient (Wildman–Crippen LogP) is 3.43. The van der Waals surface area contributed by atoms with E-state index in [9.17, 15) is 0 Å². The van der Waals surface area contributed by atoms with Crippen LogP contribution in [0.5, 0.6) is 17.2 Å². The van der Waals surface area contributed by atoms with Crippen molar-refractivity contribution < 1.29 is 14.2 Å². The van der Waals surface area contributed by atoms with E-state index < -0.39 is 0 Å². The number of methoxy groups -OCH3 is 3. The molecular formula is C21H21N5O3. The first-order valence-electron chi connectivity index (χ1n) is 9.01. The molecule has 3 heterocycles. The fourth-order valence-corrected chi connectivity index (χ4v) is 3.10. The van der Waals surface area contributed by atoms with Gasteiger partial charge in [0.15, 0.2) is 23.0 Å². The van der Waals surface area contributed by atoms with Gasteiger partial charge in [0.1, 0.15) is 0 Å². The van der Waals surface area contributed by atoms with Gasteiger partial charge in [0.2, 0.25) is 5.75 Å². The van der Waals surface area contributed by atoms with Crippen molar-refractivity contribution in [2.24, 2.45) is 0 Å². The molecule has 1 N–H and O–H groups in total. The summed E-state index contributed by atoms with van der Waals surface area (Å²) in [6.45, 7) is 0.537. The van der Waals surface area contributed by atoms with E-state index in [1.54, 1.807) is 33.7 Å². The molecule has 0 aliphatic carbocycles. The normalized spacial score (nSPS) is 10.7. The van der Waals surface area contributed by atoms with E-state index in [2.05, 4.69) is 15.3 Å². The molecule has 0 radical (unpaired) electrons. The van der Waals surface area contributed by atoms with E-state index in [0.717, 1.165) is 22.6 Å². The second-order valence-electron chi connectivity index (χ2n) is 6.22. The van der Waals surface area contributed by atoms with Gasteiger partial charge in [0, 0.05) is 30.4 Å². The van der Waals surface area contributed by atoms with Crippen molar-refractivity contribution in [2.45, 2.75) is 6.54 Å². The van der Waals surface area contributed by atoms with Gasteiger partial charge >= 0.3 is 0 Å². The minimum absolute atomic E-state index is 0.537. The molecule has 0 aliphatic heterocycles. The van der Waals surface area contributed by atoms with Crippen LogP contribution in [0.25, 0.3) is 16.9 Å². The molecule has 0 spiro atoms. The summed E-state index contributed by atoms with van der Waals surface area (Å²) >= 11 is 0. The zero-order valence-corrected chi connectivity index (χ0v) is 16.4. The fraction of sp³-hybridized carbons (Fsp3) is 0.190. The third-order valence-corrected chi connectivity index (χ3v) is 4.50. The first-order valence-corrected chi connectivity index (χ1v) is 9.01. The quantitative estimate of drug-likeness (QED) is 0.517. The maximum Gasteiger partial charge on any atom is 0.203 e. The van der Waals surface area contributed by atoms with Gasteiger partial charge in [-0.15, -0.1) is 0 Å². The number of ether oxygens (including phenoxy) is 3.